The summed E-state index contributed by atoms with van der Waals surface area (Å²) in [5, 5.41) is 0. The Hall–Kier alpha value is -2.65. The van der Waals surface area contributed by atoms with Crippen LogP contribution in [0.15, 0.2) is 91.0 Å². The van der Waals surface area contributed by atoms with Crippen LogP contribution in [0.1, 0.15) is 49.3 Å². The van der Waals surface area contributed by atoms with E-state index in [2.05, 4.69) is 0 Å². The topological polar surface area (TPSA) is 89.9 Å². The van der Waals surface area contributed by atoms with Crippen LogP contribution < -0.4 is 0 Å². The Morgan fingerprint density at radius 1 is 0.763 bits per heavy atom. The van der Waals surface area contributed by atoms with E-state index in [1.807, 2.05) is 97.9 Å². The molecule has 3 aromatic rings. The van der Waals surface area contributed by atoms with E-state index in [4.69, 9.17) is 14.2 Å². The van der Waals surface area contributed by atoms with Crippen LogP contribution in [0.3, 0.4) is 0 Å². The van der Waals surface area contributed by atoms with Crippen molar-refractivity contribution in [3.63, 3.8) is 0 Å². The van der Waals surface area contributed by atoms with E-state index in [1.54, 1.807) is 0 Å². The highest BCUT2D eigenvalue weighted by Gasteiger charge is 2.27. The molecule has 2 atom stereocenters. The SMILES string of the molecule is CCCCP(=O)(CCCc1ccccc1)OC(=O)OCc1ccccc1.O=[PH](O)CCCc1ccccc1. The smallest absolute Gasteiger partial charge is 0.429 e. The number of aryl methyl sites for hydroxylation is 2. The number of carbonyl (C=O) groups is 1. The first-order valence-corrected chi connectivity index (χ1v) is 16.7. The van der Waals surface area contributed by atoms with Crippen molar-refractivity contribution in [3.8, 4) is 0 Å². The number of unbranched alkanes of at least 4 members (excludes halogenated alkanes) is 1. The fourth-order valence-corrected chi connectivity index (χ4v) is 6.39. The highest BCUT2D eigenvalue weighted by atomic mass is 31.2. The van der Waals surface area contributed by atoms with E-state index < -0.39 is 21.6 Å². The Kier molecular flexibility index (Phi) is 15.4. The number of hydrogen-bond acceptors (Lipinski definition) is 5. The lowest BCUT2D eigenvalue weighted by atomic mass is 10.1. The van der Waals surface area contributed by atoms with Gasteiger partial charge in [-0.2, -0.15) is 0 Å². The fourth-order valence-electron chi connectivity index (χ4n) is 3.74. The van der Waals surface area contributed by atoms with E-state index in [1.165, 1.54) is 11.1 Å². The summed E-state index contributed by atoms with van der Waals surface area (Å²) in [5.41, 5.74) is 3.30. The van der Waals surface area contributed by atoms with Gasteiger partial charge in [0.1, 0.15) is 6.61 Å². The molecule has 0 aromatic heterocycles. The van der Waals surface area contributed by atoms with Gasteiger partial charge in [0.15, 0.2) is 8.03 Å². The zero-order valence-electron chi connectivity index (χ0n) is 22.2. The summed E-state index contributed by atoms with van der Waals surface area (Å²) in [6.45, 7) is 2.15. The molecule has 0 radical (unpaired) electrons. The summed E-state index contributed by atoms with van der Waals surface area (Å²) in [4.78, 5) is 20.6. The molecular weight excluding hydrogens is 518 g/mol. The van der Waals surface area contributed by atoms with Gasteiger partial charge in [-0.3, -0.25) is 9.13 Å². The Morgan fingerprint density at radius 3 is 1.74 bits per heavy atom. The zero-order chi connectivity index (χ0) is 27.5. The second kappa shape index (κ2) is 18.6. The number of hydrogen-bond donors (Lipinski definition) is 1. The summed E-state index contributed by atoms with van der Waals surface area (Å²) in [6, 6.07) is 29.4. The molecule has 38 heavy (non-hydrogen) atoms. The fraction of sp³-hybridized carbons (Fsp3) is 0.367. The minimum atomic E-state index is -3.02. The van der Waals surface area contributed by atoms with Crippen molar-refractivity contribution >= 4 is 21.6 Å². The first kappa shape index (κ1) is 31.6. The van der Waals surface area contributed by atoms with Crippen LogP contribution in [0.5, 0.6) is 0 Å². The largest absolute Gasteiger partial charge is 0.513 e. The van der Waals surface area contributed by atoms with Gasteiger partial charge < -0.3 is 14.2 Å². The van der Waals surface area contributed by atoms with Crippen molar-refractivity contribution in [1.82, 2.24) is 0 Å². The van der Waals surface area contributed by atoms with Gasteiger partial charge in [-0.25, -0.2) is 4.79 Å². The second-order valence-electron chi connectivity index (χ2n) is 9.05. The van der Waals surface area contributed by atoms with Crippen LogP contribution in [0.4, 0.5) is 4.79 Å². The molecule has 0 saturated heterocycles. The Bertz CT molecular complexity index is 1110. The van der Waals surface area contributed by atoms with E-state index in [0.717, 1.165) is 44.1 Å². The van der Waals surface area contributed by atoms with Gasteiger partial charge in [0.2, 0.25) is 0 Å². The average molecular weight is 559 g/mol. The minimum Gasteiger partial charge on any atom is -0.429 e. The predicted molar refractivity (Wildman–Crippen MR) is 156 cm³/mol. The molecule has 0 spiro atoms. The zero-order valence-corrected chi connectivity index (χ0v) is 24.1. The first-order chi connectivity index (χ1) is 18.4. The molecule has 6 nitrogen and oxygen atoms in total. The van der Waals surface area contributed by atoms with Gasteiger partial charge in [-0.1, -0.05) is 104 Å². The minimum absolute atomic E-state index is 0.122. The van der Waals surface area contributed by atoms with E-state index in [9.17, 15) is 13.9 Å². The maximum Gasteiger partial charge on any atom is 0.513 e. The summed E-state index contributed by atoms with van der Waals surface area (Å²) in [6.07, 6.45) is 5.33. The molecule has 0 saturated carbocycles. The van der Waals surface area contributed by atoms with Crippen LogP contribution in [0.2, 0.25) is 0 Å². The summed E-state index contributed by atoms with van der Waals surface area (Å²) in [5.74, 6) is 0. The van der Waals surface area contributed by atoms with Gasteiger partial charge in [0.05, 0.1) is 0 Å². The van der Waals surface area contributed by atoms with Crippen molar-refractivity contribution in [2.45, 2.75) is 52.1 Å². The highest BCUT2D eigenvalue weighted by molar-refractivity contribution is 7.59. The van der Waals surface area contributed by atoms with Crippen LogP contribution in [0.25, 0.3) is 0 Å². The summed E-state index contributed by atoms with van der Waals surface area (Å²) in [7, 11) is -5.28. The molecule has 0 aliphatic rings. The monoisotopic (exact) mass is 558 g/mol. The molecule has 0 amide bonds. The lowest BCUT2D eigenvalue weighted by Gasteiger charge is -2.18. The maximum atomic E-state index is 13.1. The van der Waals surface area contributed by atoms with E-state index in [0.29, 0.717) is 18.5 Å². The van der Waals surface area contributed by atoms with Crippen molar-refractivity contribution in [3.05, 3.63) is 108 Å². The van der Waals surface area contributed by atoms with Crippen LogP contribution in [-0.2, 0) is 37.8 Å². The van der Waals surface area contributed by atoms with E-state index in [-0.39, 0.29) is 6.61 Å². The average Bonchev–Trinajstić information content (AvgIpc) is 2.93. The molecule has 3 rings (SSSR count). The molecule has 0 fully saturated rings. The van der Waals surface area contributed by atoms with Gasteiger partial charge in [-0.15, -0.1) is 0 Å². The highest BCUT2D eigenvalue weighted by Crippen LogP contribution is 2.49. The van der Waals surface area contributed by atoms with Crippen molar-refractivity contribution in [2.24, 2.45) is 0 Å². The molecule has 1 N–H and O–H groups in total. The van der Waals surface area contributed by atoms with Crippen LogP contribution in [-0.4, -0.2) is 29.5 Å². The lowest BCUT2D eigenvalue weighted by Crippen LogP contribution is -2.10. The lowest BCUT2D eigenvalue weighted by molar-refractivity contribution is 0.0937. The number of ether oxygens (including phenoxy) is 1. The third-order valence-corrected chi connectivity index (χ3v) is 9.06. The number of rotatable bonds is 14. The number of carbonyl (C=O) groups excluding carboxylic acids is 1. The molecule has 3 aromatic carbocycles. The molecule has 206 valence electrons. The molecule has 2 unspecified atom stereocenters. The normalized spacial score (nSPS) is 12.9. The molecule has 8 heteroatoms. The second-order valence-corrected chi connectivity index (χ2v) is 13.0. The molecule has 0 heterocycles. The predicted octanol–water partition coefficient (Wildman–Crippen LogP) is 8.14. The Morgan fingerprint density at radius 2 is 1.24 bits per heavy atom. The third-order valence-electron chi connectivity index (χ3n) is 5.80. The molecule has 0 bridgehead atoms. The summed E-state index contributed by atoms with van der Waals surface area (Å²) >= 11 is 0. The van der Waals surface area contributed by atoms with Gasteiger partial charge in [0.25, 0.3) is 7.37 Å². The van der Waals surface area contributed by atoms with Crippen molar-refractivity contribution < 1.29 is 28.1 Å². The van der Waals surface area contributed by atoms with Gasteiger partial charge in [-0.05, 0) is 48.8 Å². The Balaban J connectivity index is 0.000000352. The molecule has 0 aliphatic carbocycles. The summed E-state index contributed by atoms with van der Waals surface area (Å²) < 4.78 is 33.9. The number of benzene rings is 3. The third kappa shape index (κ3) is 14.3. The molecule has 0 aliphatic heterocycles. The van der Waals surface area contributed by atoms with Gasteiger partial charge >= 0.3 is 6.16 Å². The quantitative estimate of drug-likeness (QED) is 0.159. The standard InChI is InChI=1S/C21H27O4P.C9H13O2P/c1-2-3-16-26(23,17-10-15-19-11-6-4-7-12-19)25-21(22)24-18-20-13-8-5-9-14-20;10-12(11)8-4-7-9-5-2-1-3-6-9/h4-9,11-14H,2-3,10,15-18H2,1H3;1-3,5-6,12H,4,7-8H2,(H,10,11). The van der Waals surface area contributed by atoms with Crippen LogP contribution >= 0.6 is 15.4 Å². The first-order valence-electron chi connectivity index (χ1n) is 13.2. The Labute approximate surface area is 227 Å². The van der Waals surface area contributed by atoms with Crippen molar-refractivity contribution in [2.75, 3.05) is 18.5 Å². The molecular formula is C30H40O6P2. The van der Waals surface area contributed by atoms with Gasteiger partial charge in [0, 0.05) is 18.5 Å². The van der Waals surface area contributed by atoms with E-state index >= 15 is 0 Å². The van der Waals surface area contributed by atoms with Crippen LogP contribution in [0, 0.1) is 0 Å². The van der Waals surface area contributed by atoms with Crippen molar-refractivity contribution in [1.29, 1.82) is 0 Å². The maximum absolute atomic E-state index is 13.1.